The van der Waals surface area contributed by atoms with Crippen LogP contribution >= 0.6 is 0 Å². The molecule has 0 aromatic heterocycles. The molecular weight excluding hydrogens is 287 g/mol. The minimum Gasteiger partial charge on any atom is -0.467 e. The normalized spacial score (nSPS) is 12.6. The molecule has 0 heterocycles. The molecule has 1 rings (SSSR count). The number of alkyl halides is 3. The maximum atomic E-state index is 12.0. The van der Waals surface area contributed by atoms with Gasteiger partial charge in [-0.2, -0.15) is 0 Å². The third-order valence-corrected chi connectivity index (χ3v) is 2.76. The molecule has 0 saturated heterocycles. The van der Waals surface area contributed by atoms with Gasteiger partial charge < -0.3 is 14.8 Å². The van der Waals surface area contributed by atoms with Gasteiger partial charge in [0.2, 0.25) is 0 Å². The molecule has 1 unspecified atom stereocenters. The van der Waals surface area contributed by atoms with Gasteiger partial charge in [0, 0.05) is 5.69 Å². The Hall–Kier alpha value is -1.92. The number of nitrogens with one attached hydrogen (secondary N) is 1. The summed E-state index contributed by atoms with van der Waals surface area (Å²) < 4.78 is 44.6. The number of carbonyl (C=O) groups is 1. The monoisotopic (exact) mass is 305 g/mol. The molecule has 1 atom stereocenters. The minimum absolute atomic E-state index is 0.309. The zero-order valence-electron chi connectivity index (χ0n) is 11.9. The first-order valence-corrected chi connectivity index (χ1v) is 6.56. The maximum absolute atomic E-state index is 12.0. The van der Waals surface area contributed by atoms with Crippen molar-refractivity contribution in [2.45, 2.75) is 38.6 Å². The van der Waals surface area contributed by atoms with Crippen LogP contribution in [0.4, 0.5) is 18.9 Å². The molecule has 0 aliphatic carbocycles. The summed E-state index contributed by atoms with van der Waals surface area (Å²) in [5.41, 5.74) is 0.524. The Bertz CT molecular complexity index is 446. The lowest BCUT2D eigenvalue weighted by Crippen LogP contribution is -2.30. The van der Waals surface area contributed by atoms with Crippen LogP contribution in [0.2, 0.25) is 0 Å². The van der Waals surface area contributed by atoms with Crippen LogP contribution in [-0.2, 0) is 9.53 Å². The molecule has 0 saturated carbocycles. The Labute approximate surface area is 121 Å². The molecule has 21 heavy (non-hydrogen) atoms. The fourth-order valence-electron chi connectivity index (χ4n) is 1.75. The number of esters is 1. The Morgan fingerprint density at radius 1 is 1.29 bits per heavy atom. The third-order valence-electron chi connectivity index (χ3n) is 2.76. The van der Waals surface area contributed by atoms with Crippen LogP contribution in [0.3, 0.4) is 0 Å². The van der Waals surface area contributed by atoms with E-state index in [1.54, 1.807) is 0 Å². The van der Waals surface area contributed by atoms with Gasteiger partial charge in [-0.3, -0.25) is 0 Å². The Kier molecular flexibility index (Phi) is 6.33. The molecule has 1 aromatic rings. The van der Waals surface area contributed by atoms with Crippen molar-refractivity contribution in [3.05, 3.63) is 24.3 Å². The average Bonchev–Trinajstić information content (AvgIpc) is 2.42. The van der Waals surface area contributed by atoms with Crippen molar-refractivity contribution in [3.8, 4) is 5.75 Å². The van der Waals surface area contributed by atoms with E-state index in [2.05, 4.69) is 10.1 Å². The molecule has 4 nitrogen and oxygen atoms in total. The first-order valence-electron chi connectivity index (χ1n) is 6.56. The van der Waals surface area contributed by atoms with Crippen molar-refractivity contribution in [2.75, 3.05) is 12.4 Å². The van der Waals surface area contributed by atoms with E-state index in [1.807, 2.05) is 6.92 Å². The summed E-state index contributed by atoms with van der Waals surface area (Å²) in [4.78, 5) is 11.6. The molecule has 0 aliphatic heterocycles. The van der Waals surface area contributed by atoms with Crippen molar-refractivity contribution in [1.29, 1.82) is 0 Å². The molecule has 7 heteroatoms. The van der Waals surface area contributed by atoms with Gasteiger partial charge in [0.1, 0.15) is 11.8 Å². The highest BCUT2D eigenvalue weighted by Gasteiger charge is 2.31. The van der Waals surface area contributed by atoms with Crippen LogP contribution in [0.25, 0.3) is 0 Å². The summed E-state index contributed by atoms with van der Waals surface area (Å²) in [7, 11) is 1.29. The van der Waals surface area contributed by atoms with Crippen LogP contribution in [0.1, 0.15) is 26.2 Å². The number of ether oxygens (including phenoxy) is 2. The highest BCUT2D eigenvalue weighted by molar-refractivity contribution is 5.79. The van der Waals surface area contributed by atoms with Crippen molar-refractivity contribution in [2.24, 2.45) is 0 Å². The number of hydrogen-bond donors (Lipinski definition) is 1. The van der Waals surface area contributed by atoms with Crippen molar-refractivity contribution in [1.82, 2.24) is 0 Å². The number of halogens is 3. The molecule has 0 aliphatic rings. The van der Waals surface area contributed by atoms with Crippen molar-refractivity contribution < 1.29 is 27.4 Å². The van der Waals surface area contributed by atoms with Gasteiger partial charge in [-0.15, -0.1) is 13.2 Å². The zero-order chi connectivity index (χ0) is 15.9. The molecule has 1 N–H and O–H groups in total. The van der Waals surface area contributed by atoms with Crippen LogP contribution in [0.5, 0.6) is 5.75 Å². The summed E-state index contributed by atoms with van der Waals surface area (Å²) in [6, 6.07) is 4.68. The number of benzene rings is 1. The van der Waals surface area contributed by atoms with E-state index in [9.17, 15) is 18.0 Å². The van der Waals surface area contributed by atoms with Crippen molar-refractivity contribution >= 4 is 11.7 Å². The van der Waals surface area contributed by atoms with Gasteiger partial charge in [0.05, 0.1) is 7.11 Å². The number of hydrogen-bond acceptors (Lipinski definition) is 4. The second kappa shape index (κ2) is 7.75. The summed E-state index contributed by atoms with van der Waals surface area (Å²) in [6.07, 6.45) is -2.37. The number of anilines is 1. The van der Waals surface area contributed by atoms with E-state index in [-0.39, 0.29) is 5.75 Å². The zero-order valence-corrected chi connectivity index (χ0v) is 11.9. The van der Waals surface area contributed by atoms with Gasteiger partial charge >= 0.3 is 12.3 Å². The van der Waals surface area contributed by atoms with E-state index in [4.69, 9.17) is 4.74 Å². The lowest BCUT2D eigenvalue weighted by Gasteiger charge is -2.17. The summed E-state index contributed by atoms with van der Waals surface area (Å²) in [5, 5.41) is 2.94. The van der Waals surface area contributed by atoms with Gasteiger partial charge in [-0.1, -0.05) is 19.8 Å². The lowest BCUT2D eigenvalue weighted by molar-refractivity contribution is -0.274. The van der Waals surface area contributed by atoms with E-state index in [0.717, 1.165) is 12.8 Å². The summed E-state index contributed by atoms with van der Waals surface area (Å²) in [6.45, 7) is 2.00. The number of carbonyl (C=O) groups excluding carboxylic acids is 1. The van der Waals surface area contributed by atoms with E-state index in [0.29, 0.717) is 12.1 Å². The predicted octanol–water partition coefficient (Wildman–Crippen LogP) is 3.73. The van der Waals surface area contributed by atoms with Gasteiger partial charge in [0.15, 0.2) is 0 Å². The molecule has 0 radical (unpaired) electrons. The highest BCUT2D eigenvalue weighted by Crippen LogP contribution is 2.24. The smallest absolute Gasteiger partial charge is 0.467 e. The minimum atomic E-state index is -4.72. The molecule has 0 spiro atoms. The van der Waals surface area contributed by atoms with Crippen LogP contribution < -0.4 is 10.1 Å². The van der Waals surface area contributed by atoms with E-state index >= 15 is 0 Å². The van der Waals surface area contributed by atoms with E-state index in [1.165, 1.54) is 31.4 Å². The predicted molar refractivity (Wildman–Crippen MR) is 72.1 cm³/mol. The average molecular weight is 305 g/mol. The SMILES string of the molecule is CCCCC(Nc1ccc(OC(F)(F)F)cc1)C(=O)OC. The Morgan fingerprint density at radius 2 is 1.90 bits per heavy atom. The summed E-state index contributed by atoms with van der Waals surface area (Å²) in [5.74, 6) is -0.713. The lowest BCUT2D eigenvalue weighted by atomic mass is 10.1. The molecule has 0 fully saturated rings. The van der Waals surface area contributed by atoms with E-state index < -0.39 is 18.4 Å². The van der Waals surface area contributed by atoms with Crippen LogP contribution in [0.15, 0.2) is 24.3 Å². The standard InChI is InChI=1S/C14H18F3NO3/c1-3-4-5-12(13(19)20-2)18-10-6-8-11(9-7-10)21-14(15,16)17/h6-9,12,18H,3-5H2,1-2H3. The van der Waals surface area contributed by atoms with Gasteiger partial charge in [-0.05, 0) is 30.7 Å². The van der Waals surface area contributed by atoms with Crippen molar-refractivity contribution in [3.63, 3.8) is 0 Å². The first kappa shape index (κ1) is 17.1. The van der Waals surface area contributed by atoms with Gasteiger partial charge in [0.25, 0.3) is 0 Å². The first-order chi connectivity index (χ1) is 9.85. The fourth-order valence-corrected chi connectivity index (χ4v) is 1.75. The summed E-state index contributed by atoms with van der Waals surface area (Å²) >= 11 is 0. The highest BCUT2D eigenvalue weighted by atomic mass is 19.4. The maximum Gasteiger partial charge on any atom is 0.573 e. The Morgan fingerprint density at radius 3 is 2.38 bits per heavy atom. The Balaban J connectivity index is 2.69. The molecule has 118 valence electrons. The molecule has 1 aromatic carbocycles. The molecular formula is C14H18F3NO3. The number of unbranched alkanes of at least 4 members (excludes halogenated alkanes) is 1. The fraction of sp³-hybridized carbons (Fsp3) is 0.500. The topological polar surface area (TPSA) is 47.6 Å². The van der Waals surface area contributed by atoms with Crippen LogP contribution in [0, 0.1) is 0 Å². The second-order valence-corrected chi connectivity index (χ2v) is 4.43. The number of methoxy groups -OCH3 is 1. The second-order valence-electron chi connectivity index (χ2n) is 4.43. The largest absolute Gasteiger partial charge is 0.573 e. The molecule has 0 amide bonds. The molecule has 0 bridgehead atoms. The van der Waals surface area contributed by atoms with Crippen LogP contribution in [-0.4, -0.2) is 25.5 Å². The van der Waals surface area contributed by atoms with Gasteiger partial charge in [-0.25, -0.2) is 4.79 Å². The third kappa shape index (κ3) is 6.37. The quantitative estimate of drug-likeness (QED) is 0.780. The number of rotatable bonds is 7.